The van der Waals surface area contributed by atoms with E-state index in [1.165, 1.54) is 21.3 Å². The Morgan fingerprint density at radius 1 is 0.976 bits per heavy atom. The molecule has 0 radical (unpaired) electrons. The number of anilines is 1. The van der Waals surface area contributed by atoms with Crippen molar-refractivity contribution in [2.24, 2.45) is 0 Å². The first-order valence-electron chi connectivity index (χ1n) is 13.8. The van der Waals surface area contributed by atoms with Gasteiger partial charge in [0.15, 0.2) is 0 Å². The second-order valence-electron chi connectivity index (χ2n) is 11.5. The molecule has 0 saturated carbocycles. The zero-order valence-corrected chi connectivity index (χ0v) is 26.3. The number of hydrogen-bond acceptors (Lipinski definition) is 4. The minimum absolute atomic E-state index is 0.0130. The highest BCUT2D eigenvalue weighted by Gasteiger charge is 2.32. The van der Waals surface area contributed by atoms with Gasteiger partial charge in [-0.3, -0.25) is 13.9 Å². The number of aryl methyl sites for hydroxylation is 1. The molecule has 0 bridgehead atoms. The number of carbonyl (C=O) groups excluding carboxylic acids is 2. The van der Waals surface area contributed by atoms with Gasteiger partial charge in [-0.15, -0.1) is 0 Å². The van der Waals surface area contributed by atoms with Crippen molar-refractivity contribution < 1.29 is 22.4 Å². The summed E-state index contributed by atoms with van der Waals surface area (Å²) in [6.45, 7) is 7.53. The van der Waals surface area contributed by atoms with Crippen LogP contribution in [0.25, 0.3) is 0 Å². The minimum Gasteiger partial charge on any atom is -0.350 e. The molecule has 0 heterocycles. The Morgan fingerprint density at radius 3 is 2.21 bits per heavy atom. The fourth-order valence-corrected chi connectivity index (χ4v) is 5.81. The van der Waals surface area contributed by atoms with Crippen molar-refractivity contribution in [2.75, 3.05) is 17.1 Å². The Labute approximate surface area is 253 Å². The second-order valence-corrected chi connectivity index (χ2v) is 13.8. The molecule has 0 spiro atoms. The fourth-order valence-electron chi connectivity index (χ4n) is 4.63. The summed E-state index contributed by atoms with van der Waals surface area (Å²) in [5.41, 5.74) is 2.19. The van der Waals surface area contributed by atoms with Gasteiger partial charge in [-0.05, 0) is 75.1 Å². The van der Waals surface area contributed by atoms with Crippen molar-refractivity contribution >= 4 is 39.1 Å². The highest BCUT2D eigenvalue weighted by atomic mass is 35.5. The first-order valence-corrected chi connectivity index (χ1v) is 16.0. The van der Waals surface area contributed by atoms with Gasteiger partial charge in [0.1, 0.15) is 11.9 Å². The molecule has 10 heteroatoms. The zero-order chi connectivity index (χ0) is 31.1. The van der Waals surface area contributed by atoms with Gasteiger partial charge in [0.25, 0.3) is 0 Å². The van der Waals surface area contributed by atoms with Crippen LogP contribution < -0.4 is 9.62 Å². The van der Waals surface area contributed by atoms with E-state index in [-0.39, 0.29) is 44.2 Å². The van der Waals surface area contributed by atoms with Gasteiger partial charge in [0.2, 0.25) is 21.8 Å². The number of sulfonamides is 1. The van der Waals surface area contributed by atoms with Gasteiger partial charge in [-0.25, -0.2) is 12.8 Å². The first-order chi connectivity index (χ1) is 19.6. The molecule has 0 saturated heterocycles. The summed E-state index contributed by atoms with van der Waals surface area (Å²) in [5, 5.41) is 3.41. The van der Waals surface area contributed by atoms with Crippen LogP contribution in [0.4, 0.5) is 10.1 Å². The zero-order valence-electron chi connectivity index (χ0n) is 24.7. The van der Waals surface area contributed by atoms with Gasteiger partial charge in [0, 0.05) is 36.5 Å². The fraction of sp³-hybridized carbons (Fsp3) is 0.375. The highest BCUT2D eigenvalue weighted by molar-refractivity contribution is 7.92. The third kappa shape index (κ3) is 9.84. The summed E-state index contributed by atoms with van der Waals surface area (Å²) < 4.78 is 40.3. The predicted molar refractivity (Wildman–Crippen MR) is 166 cm³/mol. The Balaban J connectivity index is 1.92. The molecule has 3 aromatic carbocycles. The van der Waals surface area contributed by atoms with Crippen molar-refractivity contribution in [1.82, 2.24) is 10.2 Å². The summed E-state index contributed by atoms with van der Waals surface area (Å²) in [4.78, 5) is 29.1. The van der Waals surface area contributed by atoms with Crippen molar-refractivity contribution in [1.29, 1.82) is 0 Å². The number of halogens is 2. The normalized spacial score (nSPS) is 12.5. The number of carbonyl (C=O) groups is 2. The molecule has 0 fully saturated rings. The van der Waals surface area contributed by atoms with E-state index in [2.05, 4.69) is 5.32 Å². The lowest BCUT2D eigenvalue weighted by Gasteiger charge is -2.34. The van der Waals surface area contributed by atoms with E-state index in [1.54, 1.807) is 37.3 Å². The first kappa shape index (κ1) is 33.1. The summed E-state index contributed by atoms with van der Waals surface area (Å²) in [5.74, 6) is -1.03. The number of hydrogen-bond donors (Lipinski definition) is 1. The lowest BCUT2D eigenvalue weighted by Crippen LogP contribution is -2.54. The van der Waals surface area contributed by atoms with Crippen LogP contribution in [0.5, 0.6) is 0 Å². The lowest BCUT2D eigenvalue weighted by molar-refractivity contribution is -0.142. The molecular weight excluding hydrogens is 577 g/mol. The quantitative estimate of drug-likeness (QED) is 0.275. The van der Waals surface area contributed by atoms with E-state index in [9.17, 15) is 22.4 Å². The summed E-state index contributed by atoms with van der Waals surface area (Å²) in [6, 6.07) is 19.4. The van der Waals surface area contributed by atoms with E-state index in [4.69, 9.17) is 11.6 Å². The summed E-state index contributed by atoms with van der Waals surface area (Å²) in [6.07, 6.45) is 1.58. The topological polar surface area (TPSA) is 86.8 Å². The number of nitrogens with zero attached hydrogens (tertiary/aromatic N) is 2. The molecule has 2 amide bonds. The van der Waals surface area contributed by atoms with E-state index in [0.29, 0.717) is 16.3 Å². The maximum absolute atomic E-state index is 13.9. The molecule has 3 rings (SSSR count). The second kappa shape index (κ2) is 14.2. The van der Waals surface area contributed by atoms with Crippen molar-refractivity contribution in [3.63, 3.8) is 0 Å². The predicted octanol–water partition coefficient (Wildman–Crippen LogP) is 5.89. The van der Waals surface area contributed by atoms with Crippen LogP contribution >= 0.6 is 11.6 Å². The Kier molecular flexibility index (Phi) is 11.2. The molecule has 1 atom stereocenters. The molecule has 0 unspecified atom stereocenters. The number of amides is 2. The summed E-state index contributed by atoms with van der Waals surface area (Å²) in [7, 11) is -3.67. The number of rotatable bonds is 12. The monoisotopic (exact) mass is 615 g/mol. The lowest BCUT2D eigenvalue weighted by atomic mass is 10.00. The molecule has 1 N–H and O–H groups in total. The van der Waals surface area contributed by atoms with Crippen LogP contribution in [0.2, 0.25) is 5.02 Å². The Morgan fingerprint density at radius 2 is 1.62 bits per heavy atom. The maximum atomic E-state index is 13.9. The molecular formula is C32H39ClFN3O4S. The molecule has 0 aliphatic carbocycles. The van der Waals surface area contributed by atoms with E-state index < -0.39 is 27.4 Å². The molecule has 42 heavy (non-hydrogen) atoms. The van der Waals surface area contributed by atoms with Gasteiger partial charge in [-0.2, -0.15) is 0 Å². The van der Waals surface area contributed by atoms with Crippen molar-refractivity contribution in [2.45, 2.75) is 65.1 Å². The molecule has 0 aliphatic rings. The van der Waals surface area contributed by atoms with Crippen LogP contribution in [0.15, 0.2) is 72.8 Å². The van der Waals surface area contributed by atoms with Crippen LogP contribution in [-0.4, -0.2) is 49.5 Å². The minimum atomic E-state index is -3.67. The average Bonchev–Trinajstić information content (AvgIpc) is 2.90. The third-order valence-electron chi connectivity index (χ3n) is 6.63. The average molecular weight is 616 g/mol. The maximum Gasteiger partial charge on any atom is 0.243 e. The van der Waals surface area contributed by atoms with Crippen LogP contribution in [0.1, 0.15) is 50.3 Å². The van der Waals surface area contributed by atoms with Crippen LogP contribution in [0.3, 0.4) is 0 Å². The Bertz CT molecular complexity index is 1480. The van der Waals surface area contributed by atoms with E-state index >= 15 is 0 Å². The molecule has 0 aromatic heterocycles. The molecule has 7 nitrogen and oxygen atoms in total. The van der Waals surface area contributed by atoms with Gasteiger partial charge >= 0.3 is 0 Å². The standard InChI is InChI=1S/C32H39ClFN3O4S/c1-23-13-16-26(33)21-28(23)37(42(5,40)41)19-9-12-30(38)36(22-25-14-17-27(34)18-15-25)29(31(39)35-32(2,3)4)20-24-10-7-6-8-11-24/h6-8,10-11,13-18,21,29H,9,12,19-20,22H2,1-5H3,(H,35,39)/t29-/m0/s1. The molecule has 0 aliphatic heterocycles. The smallest absolute Gasteiger partial charge is 0.243 e. The third-order valence-corrected chi connectivity index (χ3v) is 8.04. The van der Waals surface area contributed by atoms with E-state index in [1.807, 2.05) is 51.1 Å². The largest absolute Gasteiger partial charge is 0.350 e. The molecule has 226 valence electrons. The number of nitrogens with one attached hydrogen (secondary N) is 1. The Hall–Kier alpha value is -3.43. The molecule has 3 aromatic rings. The van der Waals surface area contributed by atoms with Crippen LogP contribution in [-0.2, 0) is 32.6 Å². The van der Waals surface area contributed by atoms with Crippen molar-refractivity contribution in [3.05, 3.63) is 100 Å². The SMILES string of the molecule is Cc1ccc(Cl)cc1N(CCCC(=O)N(Cc1ccc(F)cc1)[C@@H](Cc1ccccc1)C(=O)NC(C)(C)C)S(C)(=O)=O. The van der Waals surface area contributed by atoms with Crippen LogP contribution in [0, 0.1) is 12.7 Å². The van der Waals surface area contributed by atoms with Crippen molar-refractivity contribution in [3.8, 4) is 0 Å². The van der Waals surface area contributed by atoms with Gasteiger partial charge in [0.05, 0.1) is 11.9 Å². The summed E-state index contributed by atoms with van der Waals surface area (Å²) >= 11 is 6.16. The van der Waals surface area contributed by atoms with E-state index in [0.717, 1.165) is 17.4 Å². The van der Waals surface area contributed by atoms with Gasteiger partial charge < -0.3 is 10.2 Å². The highest BCUT2D eigenvalue weighted by Crippen LogP contribution is 2.27. The van der Waals surface area contributed by atoms with Gasteiger partial charge in [-0.1, -0.05) is 60.1 Å². The number of benzene rings is 3.